The van der Waals surface area contributed by atoms with Crippen LogP contribution in [0.3, 0.4) is 0 Å². The largest absolute Gasteiger partial charge is 0.479 e. The minimum Gasteiger partial charge on any atom is -0.479 e. The Morgan fingerprint density at radius 1 is 1.32 bits per heavy atom. The molecule has 0 aliphatic carbocycles. The zero-order valence-electron chi connectivity index (χ0n) is 14.5. The monoisotopic (exact) mass is 386 g/mol. The Hall–Kier alpha value is -4.15. The lowest BCUT2D eigenvalue weighted by Crippen LogP contribution is -2.15. The molecule has 0 aliphatic rings. The number of furan rings is 1. The number of anilines is 1. The number of carbonyl (C=O) groups is 2. The van der Waals surface area contributed by atoms with Gasteiger partial charge < -0.3 is 19.6 Å². The molecule has 0 bridgehead atoms. The topological polar surface area (TPSA) is 150 Å². The predicted octanol–water partition coefficient (Wildman–Crippen LogP) is 2.45. The number of rotatable bonds is 7. The molecule has 2 aromatic heterocycles. The normalized spacial score (nSPS) is 10.5. The quantitative estimate of drug-likeness (QED) is 0.464. The average Bonchev–Trinajstić information content (AvgIpc) is 3.27. The van der Waals surface area contributed by atoms with E-state index in [1.165, 1.54) is 43.6 Å². The zero-order valence-corrected chi connectivity index (χ0v) is 14.5. The number of hydrogen-bond donors (Lipinski definition) is 2. The van der Waals surface area contributed by atoms with Crippen molar-refractivity contribution in [2.45, 2.75) is 6.61 Å². The highest BCUT2D eigenvalue weighted by Crippen LogP contribution is 2.27. The third-order valence-corrected chi connectivity index (χ3v) is 3.71. The molecule has 3 aromatic rings. The van der Waals surface area contributed by atoms with E-state index in [2.05, 4.69) is 10.4 Å². The summed E-state index contributed by atoms with van der Waals surface area (Å²) in [6, 6.07) is 8.73. The van der Waals surface area contributed by atoms with Crippen molar-refractivity contribution in [1.29, 1.82) is 0 Å². The Kier molecular flexibility index (Phi) is 5.07. The smallest absolute Gasteiger partial charge is 0.356 e. The average molecular weight is 386 g/mol. The van der Waals surface area contributed by atoms with Gasteiger partial charge in [0, 0.05) is 13.1 Å². The van der Waals surface area contributed by atoms with Crippen LogP contribution in [0.15, 0.2) is 47.0 Å². The van der Waals surface area contributed by atoms with E-state index in [9.17, 15) is 19.7 Å². The summed E-state index contributed by atoms with van der Waals surface area (Å²) in [7, 11) is 1.43. The van der Waals surface area contributed by atoms with Crippen LogP contribution in [0.1, 0.15) is 26.8 Å². The van der Waals surface area contributed by atoms with Crippen LogP contribution in [0.5, 0.6) is 5.75 Å². The molecule has 2 N–H and O–H groups in total. The highest BCUT2D eigenvalue weighted by molar-refractivity contribution is 6.05. The van der Waals surface area contributed by atoms with Crippen molar-refractivity contribution >= 4 is 23.3 Å². The molecule has 0 spiro atoms. The fraction of sp³-hybridized carbons (Fsp3) is 0.118. The molecule has 0 saturated heterocycles. The van der Waals surface area contributed by atoms with E-state index >= 15 is 0 Å². The summed E-state index contributed by atoms with van der Waals surface area (Å²) in [6.45, 7) is -0.134. The number of nitro groups is 1. The predicted molar refractivity (Wildman–Crippen MR) is 94.3 cm³/mol. The number of aryl methyl sites for hydroxylation is 1. The molecule has 1 aromatic carbocycles. The molecule has 0 radical (unpaired) electrons. The molecule has 0 unspecified atom stereocenters. The standard InChI is InChI=1S/C17H14N4O7/c1-20-15(17(23)24)11(8-18-20)19-16(22)14-7-6-10(28-14)9-27-13-5-3-2-4-12(13)21(25)26/h2-8H,9H2,1H3,(H,19,22)(H,23,24). The van der Waals surface area contributed by atoms with Gasteiger partial charge in [0.25, 0.3) is 5.91 Å². The number of para-hydroxylation sites is 2. The first-order valence-electron chi connectivity index (χ1n) is 7.88. The summed E-state index contributed by atoms with van der Waals surface area (Å²) in [5.74, 6) is -1.67. The maximum absolute atomic E-state index is 12.3. The van der Waals surface area contributed by atoms with E-state index < -0.39 is 16.8 Å². The lowest BCUT2D eigenvalue weighted by molar-refractivity contribution is -0.386. The Morgan fingerprint density at radius 2 is 2.07 bits per heavy atom. The van der Waals surface area contributed by atoms with Gasteiger partial charge in [0.15, 0.2) is 17.2 Å². The van der Waals surface area contributed by atoms with Crippen molar-refractivity contribution in [3.05, 3.63) is 69.9 Å². The van der Waals surface area contributed by atoms with E-state index in [0.29, 0.717) is 0 Å². The van der Waals surface area contributed by atoms with Gasteiger partial charge in [-0.2, -0.15) is 5.10 Å². The Morgan fingerprint density at radius 3 is 2.79 bits per heavy atom. The third kappa shape index (κ3) is 3.82. The van der Waals surface area contributed by atoms with Gasteiger partial charge in [0.1, 0.15) is 12.4 Å². The van der Waals surface area contributed by atoms with Gasteiger partial charge in [0.2, 0.25) is 0 Å². The summed E-state index contributed by atoms with van der Waals surface area (Å²) < 4.78 is 11.9. The van der Waals surface area contributed by atoms with E-state index in [1.807, 2.05) is 0 Å². The maximum Gasteiger partial charge on any atom is 0.356 e. The van der Waals surface area contributed by atoms with E-state index in [1.54, 1.807) is 6.07 Å². The van der Waals surface area contributed by atoms with Crippen molar-refractivity contribution in [3.63, 3.8) is 0 Å². The molecular formula is C17H14N4O7. The lowest BCUT2D eigenvalue weighted by Gasteiger charge is -2.05. The number of benzene rings is 1. The summed E-state index contributed by atoms with van der Waals surface area (Å²) in [5.41, 5.74) is -0.348. The molecule has 1 amide bonds. The highest BCUT2D eigenvalue weighted by Gasteiger charge is 2.20. The second kappa shape index (κ2) is 7.61. The molecule has 11 nitrogen and oxygen atoms in total. The van der Waals surface area contributed by atoms with Crippen LogP contribution in [-0.4, -0.2) is 31.7 Å². The van der Waals surface area contributed by atoms with Gasteiger partial charge in [-0.25, -0.2) is 4.79 Å². The molecule has 11 heteroatoms. The van der Waals surface area contributed by atoms with Crippen molar-refractivity contribution in [2.75, 3.05) is 5.32 Å². The number of ether oxygens (including phenoxy) is 1. The highest BCUT2D eigenvalue weighted by atomic mass is 16.6. The number of aromatic carboxylic acids is 1. The molecule has 0 atom stereocenters. The number of carboxylic acid groups (broad SMARTS) is 1. The van der Waals surface area contributed by atoms with Crippen LogP contribution in [0.25, 0.3) is 0 Å². The van der Waals surface area contributed by atoms with Crippen molar-refractivity contribution in [3.8, 4) is 5.75 Å². The summed E-state index contributed by atoms with van der Waals surface area (Å²) in [5, 5.41) is 26.3. The molecular weight excluding hydrogens is 372 g/mol. The van der Waals surface area contributed by atoms with E-state index in [0.717, 1.165) is 4.68 Å². The number of carbonyl (C=O) groups excluding carboxylic acids is 1. The summed E-state index contributed by atoms with van der Waals surface area (Å²) >= 11 is 0. The van der Waals surface area contributed by atoms with Crippen LogP contribution < -0.4 is 10.1 Å². The Bertz CT molecular complexity index is 1050. The molecule has 2 heterocycles. The zero-order chi connectivity index (χ0) is 20.3. The van der Waals surface area contributed by atoms with Crippen molar-refractivity contribution in [2.24, 2.45) is 7.05 Å². The number of nitro benzene ring substituents is 1. The van der Waals surface area contributed by atoms with Gasteiger partial charge >= 0.3 is 11.7 Å². The second-order valence-corrected chi connectivity index (χ2v) is 5.57. The number of nitrogens with zero attached hydrogens (tertiary/aromatic N) is 3. The van der Waals surface area contributed by atoms with Crippen LogP contribution in [0.4, 0.5) is 11.4 Å². The first-order valence-corrected chi connectivity index (χ1v) is 7.88. The summed E-state index contributed by atoms with van der Waals surface area (Å²) in [6.07, 6.45) is 1.21. The first kappa shape index (κ1) is 18.6. The number of amides is 1. The van der Waals surface area contributed by atoms with E-state index in [4.69, 9.17) is 14.3 Å². The number of nitrogens with one attached hydrogen (secondary N) is 1. The van der Waals surface area contributed by atoms with Gasteiger partial charge in [-0.05, 0) is 18.2 Å². The fourth-order valence-corrected chi connectivity index (χ4v) is 2.42. The van der Waals surface area contributed by atoms with Gasteiger partial charge in [0.05, 0.1) is 16.8 Å². The first-order chi connectivity index (χ1) is 13.4. The van der Waals surface area contributed by atoms with Gasteiger partial charge in [-0.15, -0.1) is 0 Å². The number of carboxylic acids is 1. The van der Waals surface area contributed by atoms with Crippen LogP contribution in [-0.2, 0) is 13.7 Å². The van der Waals surface area contributed by atoms with Crippen molar-refractivity contribution in [1.82, 2.24) is 9.78 Å². The van der Waals surface area contributed by atoms with Crippen LogP contribution >= 0.6 is 0 Å². The van der Waals surface area contributed by atoms with Crippen LogP contribution in [0.2, 0.25) is 0 Å². The number of hydrogen-bond acceptors (Lipinski definition) is 7. The minimum atomic E-state index is -1.24. The SMILES string of the molecule is Cn1ncc(NC(=O)c2ccc(COc3ccccc3[N+](=O)[O-])o2)c1C(=O)O. The molecule has 3 rings (SSSR count). The van der Waals surface area contributed by atoms with Crippen LogP contribution in [0, 0.1) is 10.1 Å². The molecule has 0 aliphatic heterocycles. The molecule has 144 valence electrons. The molecule has 28 heavy (non-hydrogen) atoms. The second-order valence-electron chi connectivity index (χ2n) is 5.57. The minimum absolute atomic E-state index is 0.0223. The fourth-order valence-electron chi connectivity index (χ4n) is 2.42. The van der Waals surface area contributed by atoms with Crippen molar-refractivity contribution < 1.29 is 28.8 Å². The van der Waals surface area contributed by atoms with E-state index in [-0.39, 0.29) is 40.9 Å². The molecule has 0 saturated carbocycles. The van der Waals surface area contributed by atoms with Gasteiger partial charge in [-0.1, -0.05) is 12.1 Å². The third-order valence-electron chi connectivity index (χ3n) is 3.71. The molecule has 0 fully saturated rings. The number of aromatic nitrogens is 2. The lowest BCUT2D eigenvalue weighted by atomic mass is 10.3. The Balaban J connectivity index is 1.68. The Labute approximate surface area is 157 Å². The maximum atomic E-state index is 12.3. The van der Waals surface area contributed by atoms with Gasteiger partial charge in [-0.3, -0.25) is 19.6 Å². The summed E-state index contributed by atoms with van der Waals surface area (Å²) in [4.78, 5) is 33.9.